The van der Waals surface area contributed by atoms with Crippen LogP contribution in [0.4, 0.5) is 0 Å². The molecule has 0 fully saturated rings. The minimum Gasteiger partial charge on any atom is -0.345 e. The first kappa shape index (κ1) is 15.8. The summed E-state index contributed by atoms with van der Waals surface area (Å²) in [5.41, 5.74) is 7.93. The van der Waals surface area contributed by atoms with Crippen molar-refractivity contribution in [3.8, 4) is 11.1 Å². The highest BCUT2D eigenvalue weighted by Crippen LogP contribution is 2.18. The molecule has 0 unspecified atom stereocenters. The van der Waals surface area contributed by atoms with Crippen LogP contribution in [0.5, 0.6) is 0 Å². The number of hydrogen-bond donors (Lipinski definition) is 2. The van der Waals surface area contributed by atoms with Gasteiger partial charge in [0.05, 0.1) is 23.6 Å². The Morgan fingerprint density at radius 3 is 2.54 bits per heavy atom. The van der Waals surface area contributed by atoms with Crippen LogP contribution >= 0.6 is 0 Å². The molecule has 3 aromatic carbocycles. The van der Waals surface area contributed by atoms with Crippen LogP contribution in [0.3, 0.4) is 0 Å². The van der Waals surface area contributed by atoms with Crippen LogP contribution < -0.4 is 5.43 Å². The first-order chi connectivity index (χ1) is 12.8. The number of carbonyl (C=O) groups excluding carboxylic acids is 1. The summed E-state index contributed by atoms with van der Waals surface area (Å²) in [4.78, 5) is 19.3. The van der Waals surface area contributed by atoms with E-state index in [1.54, 1.807) is 30.7 Å². The molecule has 0 aliphatic rings. The minimum absolute atomic E-state index is 0.265. The molecule has 0 saturated heterocycles. The van der Waals surface area contributed by atoms with Crippen molar-refractivity contribution >= 4 is 23.2 Å². The number of aromatic amines is 1. The highest BCUT2D eigenvalue weighted by molar-refractivity contribution is 5.97. The van der Waals surface area contributed by atoms with E-state index in [4.69, 9.17) is 0 Å². The van der Waals surface area contributed by atoms with E-state index in [2.05, 4.69) is 32.6 Å². The van der Waals surface area contributed by atoms with Gasteiger partial charge in [0.15, 0.2) is 0 Å². The van der Waals surface area contributed by atoms with E-state index in [1.807, 2.05) is 42.5 Å². The van der Waals surface area contributed by atoms with E-state index in [0.29, 0.717) is 5.56 Å². The smallest absolute Gasteiger partial charge is 0.271 e. The SMILES string of the molecule is O=C(NN=Cc1ccc(-c2ccccc2)cc1)c1ccc2nc[nH]c2c1. The molecule has 1 amide bonds. The largest absolute Gasteiger partial charge is 0.345 e. The fourth-order valence-corrected chi connectivity index (χ4v) is 2.70. The van der Waals surface area contributed by atoms with Crippen molar-refractivity contribution in [3.63, 3.8) is 0 Å². The molecule has 4 aromatic rings. The number of hydrogen-bond acceptors (Lipinski definition) is 3. The Bertz CT molecular complexity index is 1070. The topological polar surface area (TPSA) is 70.1 Å². The Kier molecular flexibility index (Phi) is 4.26. The molecule has 0 bridgehead atoms. The maximum atomic E-state index is 12.2. The molecular formula is C21H16N4O. The average molecular weight is 340 g/mol. The summed E-state index contributed by atoms with van der Waals surface area (Å²) in [7, 11) is 0. The van der Waals surface area contributed by atoms with Gasteiger partial charge in [-0.25, -0.2) is 10.4 Å². The molecule has 0 spiro atoms. The zero-order valence-electron chi connectivity index (χ0n) is 13.9. The van der Waals surface area contributed by atoms with E-state index in [-0.39, 0.29) is 5.91 Å². The van der Waals surface area contributed by atoms with Crippen molar-refractivity contribution in [1.29, 1.82) is 0 Å². The van der Waals surface area contributed by atoms with Gasteiger partial charge in [0.25, 0.3) is 5.91 Å². The van der Waals surface area contributed by atoms with Crippen molar-refractivity contribution in [1.82, 2.24) is 15.4 Å². The number of carbonyl (C=O) groups is 1. The van der Waals surface area contributed by atoms with Gasteiger partial charge in [-0.3, -0.25) is 4.79 Å². The van der Waals surface area contributed by atoms with Gasteiger partial charge in [-0.1, -0.05) is 54.6 Å². The summed E-state index contributed by atoms with van der Waals surface area (Å²) in [6.45, 7) is 0. The Labute approximate surface area is 150 Å². The van der Waals surface area contributed by atoms with Crippen molar-refractivity contribution in [2.45, 2.75) is 0 Å². The summed E-state index contributed by atoms with van der Waals surface area (Å²) in [5.74, 6) is -0.265. The van der Waals surface area contributed by atoms with Gasteiger partial charge >= 0.3 is 0 Å². The Morgan fingerprint density at radius 2 is 1.73 bits per heavy atom. The minimum atomic E-state index is -0.265. The van der Waals surface area contributed by atoms with Crippen molar-refractivity contribution in [2.24, 2.45) is 5.10 Å². The number of benzene rings is 3. The number of hydrazone groups is 1. The summed E-state index contributed by atoms with van der Waals surface area (Å²) < 4.78 is 0. The number of amides is 1. The zero-order chi connectivity index (χ0) is 17.8. The van der Waals surface area contributed by atoms with E-state index < -0.39 is 0 Å². The lowest BCUT2D eigenvalue weighted by Crippen LogP contribution is -2.17. The predicted molar refractivity (Wildman–Crippen MR) is 103 cm³/mol. The number of fused-ring (bicyclic) bond motifs is 1. The van der Waals surface area contributed by atoms with Crippen LogP contribution in [0.2, 0.25) is 0 Å². The number of rotatable bonds is 4. The van der Waals surface area contributed by atoms with Gasteiger partial charge in [-0.05, 0) is 34.9 Å². The second-order valence-corrected chi connectivity index (χ2v) is 5.82. The van der Waals surface area contributed by atoms with Gasteiger partial charge in [0.1, 0.15) is 0 Å². The Hall–Kier alpha value is -3.73. The number of aromatic nitrogens is 2. The highest BCUT2D eigenvalue weighted by atomic mass is 16.2. The molecule has 26 heavy (non-hydrogen) atoms. The second-order valence-electron chi connectivity index (χ2n) is 5.82. The van der Waals surface area contributed by atoms with E-state index in [1.165, 1.54) is 5.56 Å². The molecule has 4 rings (SSSR count). The molecule has 5 heteroatoms. The molecule has 0 aliphatic carbocycles. The Morgan fingerprint density at radius 1 is 0.962 bits per heavy atom. The number of nitrogens with one attached hydrogen (secondary N) is 2. The molecule has 2 N–H and O–H groups in total. The van der Waals surface area contributed by atoms with Crippen LogP contribution in [0.1, 0.15) is 15.9 Å². The molecule has 0 radical (unpaired) electrons. The molecule has 0 saturated carbocycles. The lowest BCUT2D eigenvalue weighted by Gasteiger charge is -2.02. The van der Waals surface area contributed by atoms with Crippen LogP contribution in [0.15, 0.2) is 84.2 Å². The normalized spacial score (nSPS) is 11.1. The highest BCUT2D eigenvalue weighted by Gasteiger charge is 2.06. The summed E-state index contributed by atoms with van der Waals surface area (Å²) in [6, 6.07) is 23.4. The summed E-state index contributed by atoms with van der Waals surface area (Å²) in [5, 5.41) is 4.04. The van der Waals surface area contributed by atoms with E-state index in [0.717, 1.165) is 22.2 Å². The Balaban J connectivity index is 1.42. The monoisotopic (exact) mass is 340 g/mol. The molecule has 1 heterocycles. The van der Waals surface area contributed by atoms with Crippen molar-refractivity contribution < 1.29 is 4.79 Å². The standard InChI is InChI=1S/C21H16N4O/c26-21(18-10-11-19-20(12-18)23-14-22-19)25-24-13-15-6-8-17(9-7-15)16-4-2-1-3-5-16/h1-14H,(H,22,23)(H,25,26). The third-order valence-electron chi connectivity index (χ3n) is 4.08. The van der Waals surface area contributed by atoms with Crippen molar-refractivity contribution in [2.75, 3.05) is 0 Å². The van der Waals surface area contributed by atoms with Crippen molar-refractivity contribution in [3.05, 3.63) is 90.3 Å². The third-order valence-corrected chi connectivity index (χ3v) is 4.08. The molecular weight excluding hydrogens is 324 g/mol. The number of nitrogens with zero attached hydrogens (tertiary/aromatic N) is 2. The van der Waals surface area contributed by atoms with Gasteiger partial charge in [0.2, 0.25) is 0 Å². The fraction of sp³-hybridized carbons (Fsp3) is 0. The zero-order valence-corrected chi connectivity index (χ0v) is 13.9. The first-order valence-electron chi connectivity index (χ1n) is 8.22. The number of H-pyrrole nitrogens is 1. The molecule has 0 aliphatic heterocycles. The first-order valence-corrected chi connectivity index (χ1v) is 8.22. The maximum Gasteiger partial charge on any atom is 0.271 e. The molecule has 5 nitrogen and oxygen atoms in total. The van der Waals surface area contributed by atoms with Crippen LogP contribution in [-0.2, 0) is 0 Å². The predicted octanol–water partition coefficient (Wildman–Crippen LogP) is 3.99. The fourth-order valence-electron chi connectivity index (χ4n) is 2.70. The van der Waals surface area contributed by atoms with E-state index >= 15 is 0 Å². The molecule has 0 atom stereocenters. The third kappa shape index (κ3) is 3.37. The lowest BCUT2D eigenvalue weighted by atomic mass is 10.0. The molecule has 126 valence electrons. The summed E-state index contributed by atoms with van der Waals surface area (Å²) >= 11 is 0. The quantitative estimate of drug-likeness (QED) is 0.435. The average Bonchev–Trinajstić information content (AvgIpc) is 3.17. The van der Waals surface area contributed by atoms with Gasteiger partial charge in [0, 0.05) is 5.56 Å². The van der Waals surface area contributed by atoms with Gasteiger partial charge in [-0.15, -0.1) is 0 Å². The van der Waals surface area contributed by atoms with Crippen LogP contribution in [-0.4, -0.2) is 22.1 Å². The molecule has 1 aromatic heterocycles. The lowest BCUT2D eigenvalue weighted by molar-refractivity contribution is 0.0955. The van der Waals surface area contributed by atoms with Crippen LogP contribution in [0, 0.1) is 0 Å². The summed E-state index contributed by atoms with van der Waals surface area (Å²) in [6.07, 6.45) is 3.23. The van der Waals surface area contributed by atoms with Gasteiger partial charge in [-0.2, -0.15) is 5.10 Å². The van der Waals surface area contributed by atoms with E-state index in [9.17, 15) is 4.79 Å². The van der Waals surface area contributed by atoms with Crippen LogP contribution in [0.25, 0.3) is 22.2 Å². The van der Waals surface area contributed by atoms with Gasteiger partial charge < -0.3 is 4.98 Å². The second kappa shape index (κ2) is 7.03. The maximum absolute atomic E-state index is 12.2. The number of imidazole rings is 1.